The SMILES string of the molecule is COCCC(CCO)C(C)=O. The number of aliphatic hydroxyl groups is 1. The molecule has 1 unspecified atom stereocenters. The van der Waals surface area contributed by atoms with Gasteiger partial charge >= 0.3 is 0 Å². The van der Waals surface area contributed by atoms with E-state index in [1.165, 1.54) is 0 Å². The molecule has 0 fully saturated rings. The van der Waals surface area contributed by atoms with Crippen LogP contribution in [0, 0.1) is 5.92 Å². The zero-order valence-corrected chi connectivity index (χ0v) is 7.17. The first-order chi connectivity index (χ1) is 5.22. The van der Waals surface area contributed by atoms with Gasteiger partial charge in [0.25, 0.3) is 0 Å². The molecule has 1 atom stereocenters. The first-order valence-corrected chi connectivity index (χ1v) is 3.82. The Labute approximate surface area is 67.4 Å². The smallest absolute Gasteiger partial charge is 0.133 e. The second-order valence-corrected chi connectivity index (χ2v) is 2.60. The number of ether oxygens (including phenoxy) is 1. The maximum absolute atomic E-state index is 10.9. The van der Waals surface area contributed by atoms with Gasteiger partial charge in [-0.3, -0.25) is 4.79 Å². The van der Waals surface area contributed by atoms with Crippen LogP contribution in [0.4, 0.5) is 0 Å². The minimum absolute atomic E-state index is 0.0278. The normalized spacial score (nSPS) is 13.0. The lowest BCUT2D eigenvalue weighted by molar-refractivity contribution is -0.121. The van der Waals surface area contributed by atoms with E-state index in [1.807, 2.05) is 0 Å². The van der Waals surface area contributed by atoms with Gasteiger partial charge in [-0.15, -0.1) is 0 Å². The summed E-state index contributed by atoms with van der Waals surface area (Å²) in [6.45, 7) is 2.22. The molecule has 11 heavy (non-hydrogen) atoms. The molecule has 0 saturated heterocycles. The van der Waals surface area contributed by atoms with Crippen molar-refractivity contribution in [2.45, 2.75) is 19.8 Å². The van der Waals surface area contributed by atoms with Crippen molar-refractivity contribution in [1.82, 2.24) is 0 Å². The van der Waals surface area contributed by atoms with E-state index in [9.17, 15) is 4.79 Å². The van der Waals surface area contributed by atoms with Gasteiger partial charge in [0.15, 0.2) is 0 Å². The van der Waals surface area contributed by atoms with Crippen LogP contribution in [0.2, 0.25) is 0 Å². The maximum atomic E-state index is 10.9. The monoisotopic (exact) mass is 160 g/mol. The van der Waals surface area contributed by atoms with Crippen LogP contribution in [0.15, 0.2) is 0 Å². The van der Waals surface area contributed by atoms with Crippen LogP contribution in [-0.4, -0.2) is 31.2 Å². The fourth-order valence-corrected chi connectivity index (χ4v) is 0.967. The predicted molar refractivity (Wildman–Crippen MR) is 42.4 cm³/mol. The summed E-state index contributed by atoms with van der Waals surface area (Å²) < 4.78 is 4.83. The highest BCUT2D eigenvalue weighted by Gasteiger charge is 2.12. The van der Waals surface area contributed by atoms with Gasteiger partial charge in [-0.2, -0.15) is 0 Å². The fourth-order valence-electron chi connectivity index (χ4n) is 0.967. The molecule has 0 spiro atoms. The Balaban J connectivity index is 3.60. The molecule has 0 aliphatic heterocycles. The van der Waals surface area contributed by atoms with Crippen molar-refractivity contribution in [1.29, 1.82) is 0 Å². The summed E-state index contributed by atoms with van der Waals surface area (Å²) in [6.07, 6.45) is 1.27. The van der Waals surface area contributed by atoms with Gasteiger partial charge in [0.2, 0.25) is 0 Å². The number of carbonyl (C=O) groups excluding carboxylic acids is 1. The van der Waals surface area contributed by atoms with Crippen molar-refractivity contribution < 1.29 is 14.6 Å². The molecule has 66 valence electrons. The lowest BCUT2D eigenvalue weighted by atomic mass is 9.98. The van der Waals surface area contributed by atoms with Crippen LogP contribution in [-0.2, 0) is 9.53 Å². The molecule has 1 N–H and O–H groups in total. The molecular weight excluding hydrogens is 144 g/mol. The van der Waals surface area contributed by atoms with Crippen LogP contribution in [0.5, 0.6) is 0 Å². The van der Waals surface area contributed by atoms with Crippen molar-refractivity contribution in [3.05, 3.63) is 0 Å². The number of hydrogen-bond acceptors (Lipinski definition) is 3. The molecule has 0 bridgehead atoms. The van der Waals surface area contributed by atoms with E-state index in [2.05, 4.69) is 0 Å². The van der Waals surface area contributed by atoms with Crippen molar-refractivity contribution in [2.75, 3.05) is 20.3 Å². The Bertz CT molecular complexity index is 112. The molecule has 0 heterocycles. The van der Waals surface area contributed by atoms with Gasteiger partial charge in [0.05, 0.1) is 0 Å². The Morgan fingerprint density at radius 3 is 2.55 bits per heavy atom. The molecule has 0 radical (unpaired) electrons. The second-order valence-electron chi connectivity index (χ2n) is 2.60. The lowest BCUT2D eigenvalue weighted by Gasteiger charge is -2.10. The summed E-state index contributed by atoms with van der Waals surface area (Å²) in [4.78, 5) is 10.9. The van der Waals surface area contributed by atoms with E-state index < -0.39 is 0 Å². The van der Waals surface area contributed by atoms with Gasteiger partial charge in [-0.25, -0.2) is 0 Å². The van der Waals surface area contributed by atoms with Crippen LogP contribution in [0.25, 0.3) is 0 Å². The van der Waals surface area contributed by atoms with Gasteiger partial charge in [-0.1, -0.05) is 0 Å². The van der Waals surface area contributed by atoms with Gasteiger partial charge in [0, 0.05) is 26.2 Å². The molecule has 0 saturated carbocycles. The summed E-state index contributed by atoms with van der Waals surface area (Å²) in [7, 11) is 1.61. The van der Waals surface area contributed by atoms with Gasteiger partial charge in [0.1, 0.15) is 5.78 Å². The maximum Gasteiger partial charge on any atom is 0.133 e. The minimum atomic E-state index is -0.0278. The fraction of sp³-hybridized carbons (Fsp3) is 0.875. The summed E-state index contributed by atoms with van der Waals surface area (Å²) in [6, 6.07) is 0. The molecule has 0 aliphatic rings. The lowest BCUT2D eigenvalue weighted by Crippen LogP contribution is -2.14. The number of methoxy groups -OCH3 is 1. The summed E-state index contributed by atoms with van der Waals surface area (Å²) >= 11 is 0. The van der Waals surface area contributed by atoms with Crippen LogP contribution < -0.4 is 0 Å². The second kappa shape index (κ2) is 6.31. The van der Waals surface area contributed by atoms with Crippen molar-refractivity contribution in [3.63, 3.8) is 0 Å². The quantitative estimate of drug-likeness (QED) is 0.619. The van der Waals surface area contributed by atoms with E-state index >= 15 is 0 Å². The number of aliphatic hydroxyl groups excluding tert-OH is 1. The van der Waals surface area contributed by atoms with E-state index in [0.717, 1.165) is 0 Å². The molecule has 0 aromatic carbocycles. The van der Waals surface area contributed by atoms with E-state index in [4.69, 9.17) is 9.84 Å². The highest BCUT2D eigenvalue weighted by atomic mass is 16.5. The third kappa shape index (κ3) is 4.93. The predicted octanol–water partition coefficient (Wildman–Crippen LogP) is 0.611. The number of hydrogen-bond donors (Lipinski definition) is 1. The number of rotatable bonds is 6. The first kappa shape index (κ1) is 10.6. The molecule has 0 aliphatic carbocycles. The molecule has 0 amide bonds. The van der Waals surface area contributed by atoms with Crippen molar-refractivity contribution in [2.24, 2.45) is 5.92 Å². The zero-order chi connectivity index (χ0) is 8.69. The van der Waals surface area contributed by atoms with Crippen LogP contribution >= 0.6 is 0 Å². The summed E-state index contributed by atoms with van der Waals surface area (Å²) in [5.41, 5.74) is 0. The van der Waals surface area contributed by atoms with Gasteiger partial charge < -0.3 is 9.84 Å². The van der Waals surface area contributed by atoms with E-state index in [1.54, 1.807) is 14.0 Å². The molecule has 3 heteroatoms. The Morgan fingerprint density at radius 2 is 2.18 bits per heavy atom. The number of carbonyl (C=O) groups is 1. The Kier molecular flexibility index (Phi) is 6.07. The summed E-state index contributed by atoms with van der Waals surface area (Å²) in [5, 5.41) is 8.59. The van der Waals surface area contributed by atoms with E-state index in [0.29, 0.717) is 19.4 Å². The highest BCUT2D eigenvalue weighted by Crippen LogP contribution is 2.08. The van der Waals surface area contributed by atoms with Crippen molar-refractivity contribution >= 4 is 5.78 Å². The molecule has 3 nitrogen and oxygen atoms in total. The Hall–Kier alpha value is -0.410. The van der Waals surface area contributed by atoms with Crippen LogP contribution in [0.1, 0.15) is 19.8 Å². The largest absolute Gasteiger partial charge is 0.396 e. The topological polar surface area (TPSA) is 46.5 Å². The third-order valence-corrected chi connectivity index (χ3v) is 1.72. The standard InChI is InChI=1S/C8H16O3/c1-7(10)8(3-5-9)4-6-11-2/h8-9H,3-6H2,1-2H3. The molecule has 0 rings (SSSR count). The molecule has 0 aromatic rings. The van der Waals surface area contributed by atoms with Crippen LogP contribution in [0.3, 0.4) is 0 Å². The third-order valence-electron chi connectivity index (χ3n) is 1.72. The molecular formula is C8H16O3. The minimum Gasteiger partial charge on any atom is -0.396 e. The first-order valence-electron chi connectivity index (χ1n) is 3.82. The zero-order valence-electron chi connectivity index (χ0n) is 7.17. The van der Waals surface area contributed by atoms with E-state index in [-0.39, 0.29) is 18.3 Å². The van der Waals surface area contributed by atoms with Gasteiger partial charge in [-0.05, 0) is 19.8 Å². The Morgan fingerprint density at radius 1 is 1.55 bits per heavy atom. The van der Waals surface area contributed by atoms with Crippen molar-refractivity contribution in [3.8, 4) is 0 Å². The number of ketones is 1. The highest BCUT2D eigenvalue weighted by molar-refractivity contribution is 5.78. The average molecular weight is 160 g/mol. The summed E-state index contributed by atoms with van der Waals surface area (Å²) in [5.74, 6) is 0.107. The number of Topliss-reactive ketones (excluding diaryl/α,β-unsaturated/α-hetero) is 1. The average Bonchev–Trinajstić information content (AvgIpc) is 1.97. The molecule has 0 aromatic heterocycles.